The van der Waals surface area contributed by atoms with Crippen molar-refractivity contribution in [1.29, 1.82) is 0 Å². The number of hydrogen-bond acceptors (Lipinski definition) is 7. The molecule has 1 aromatic carbocycles. The third kappa shape index (κ3) is 6.01. The van der Waals surface area contributed by atoms with E-state index in [4.69, 9.17) is 9.47 Å². The van der Waals surface area contributed by atoms with E-state index in [1.54, 1.807) is 12.2 Å². The molecule has 0 aliphatic heterocycles. The third-order valence-corrected chi connectivity index (χ3v) is 3.23. The zero-order valence-electron chi connectivity index (χ0n) is 14.6. The fraction of sp³-hybridized carbons (Fsp3) is 0.467. The minimum atomic E-state index is -5.14. The number of amides is 1. The summed E-state index contributed by atoms with van der Waals surface area (Å²) in [6.45, 7) is 2.27. The predicted octanol–water partition coefficient (Wildman–Crippen LogP) is 2.28. The standard InChI is InChI=1S/C15H17F3N2O7/c1-4-26-13(21)7-27-12-6-10(20(23)24)9(5-11(12)25-3)8(2)19-14(22)15(16,17)18/h5-6,8H,4,7H2,1-3H3,(H,19,22). The van der Waals surface area contributed by atoms with E-state index in [9.17, 15) is 32.9 Å². The van der Waals surface area contributed by atoms with Crippen molar-refractivity contribution in [3.8, 4) is 11.5 Å². The minimum absolute atomic E-state index is 0.0759. The fourth-order valence-electron chi connectivity index (χ4n) is 2.04. The Bertz CT molecular complexity index is 722. The Morgan fingerprint density at radius 1 is 1.30 bits per heavy atom. The first kappa shape index (κ1) is 22.0. The second-order valence-electron chi connectivity index (χ2n) is 5.11. The molecule has 0 saturated carbocycles. The number of esters is 1. The molecule has 0 fully saturated rings. The Balaban J connectivity index is 3.20. The van der Waals surface area contributed by atoms with Gasteiger partial charge in [0.05, 0.1) is 36.3 Å². The zero-order chi connectivity index (χ0) is 20.8. The summed E-state index contributed by atoms with van der Waals surface area (Å²) in [5, 5.41) is 12.9. The number of nitrogens with zero attached hydrogens (tertiary/aromatic N) is 1. The van der Waals surface area contributed by atoms with E-state index in [2.05, 4.69) is 4.74 Å². The third-order valence-electron chi connectivity index (χ3n) is 3.23. The molecule has 0 bridgehead atoms. The summed E-state index contributed by atoms with van der Waals surface area (Å²) >= 11 is 0. The summed E-state index contributed by atoms with van der Waals surface area (Å²) in [7, 11) is 1.20. The predicted molar refractivity (Wildman–Crippen MR) is 84.4 cm³/mol. The van der Waals surface area contributed by atoms with Crippen LogP contribution >= 0.6 is 0 Å². The molecule has 0 spiro atoms. The number of nitro benzene ring substituents is 1. The van der Waals surface area contributed by atoms with Crippen LogP contribution in [-0.2, 0) is 14.3 Å². The first-order valence-corrected chi connectivity index (χ1v) is 7.53. The largest absolute Gasteiger partial charge is 0.493 e. The van der Waals surface area contributed by atoms with Crippen molar-refractivity contribution < 1.29 is 41.9 Å². The van der Waals surface area contributed by atoms with Crippen molar-refractivity contribution in [2.24, 2.45) is 0 Å². The molecule has 0 heterocycles. The number of rotatable bonds is 8. The molecule has 0 aromatic heterocycles. The molecule has 1 amide bonds. The number of methoxy groups -OCH3 is 1. The Labute approximate surface area is 151 Å². The summed E-state index contributed by atoms with van der Waals surface area (Å²) in [5.74, 6) is -3.23. The van der Waals surface area contributed by atoms with Gasteiger partial charge in [-0.05, 0) is 19.9 Å². The lowest BCUT2D eigenvalue weighted by molar-refractivity contribution is -0.385. The number of nitro groups is 1. The quantitative estimate of drug-likeness (QED) is 0.408. The van der Waals surface area contributed by atoms with Gasteiger partial charge in [0, 0.05) is 0 Å². The first-order chi connectivity index (χ1) is 12.5. The van der Waals surface area contributed by atoms with Crippen molar-refractivity contribution in [2.75, 3.05) is 20.3 Å². The van der Waals surface area contributed by atoms with Gasteiger partial charge < -0.3 is 19.5 Å². The molecule has 0 aliphatic carbocycles. The molecule has 1 N–H and O–H groups in total. The molecule has 1 unspecified atom stereocenters. The van der Waals surface area contributed by atoms with Crippen LogP contribution in [0.3, 0.4) is 0 Å². The van der Waals surface area contributed by atoms with Crippen LogP contribution in [0.25, 0.3) is 0 Å². The number of carbonyl (C=O) groups excluding carboxylic acids is 2. The highest BCUT2D eigenvalue weighted by Crippen LogP contribution is 2.37. The second kappa shape index (κ2) is 9.05. The molecule has 9 nitrogen and oxygen atoms in total. The lowest BCUT2D eigenvalue weighted by Crippen LogP contribution is -2.38. The van der Waals surface area contributed by atoms with Gasteiger partial charge >= 0.3 is 18.1 Å². The van der Waals surface area contributed by atoms with Gasteiger partial charge in [-0.3, -0.25) is 14.9 Å². The molecule has 1 rings (SSSR count). The average molecular weight is 394 g/mol. The van der Waals surface area contributed by atoms with Crippen LogP contribution in [0, 0.1) is 10.1 Å². The summed E-state index contributed by atoms with van der Waals surface area (Å²) in [5.41, 5.74) is -0.859. The maximum atomic E-state index is 12.4. The van der Waals surface area contributed by atoms with Crippen LogP contribution in [0.15, 0.2) is 12.1 Å². The number of carbonyl (C=O) groups is 2. The summed E-state index contributed by atoms with van der Waals surface area (Å²) in [6, 6.07) is 0.594. The number of hydrogen-bond donors (Lipinski definition) is 1. The fourth-order valence-corrected chi connectivity index (χ4v) is 2.04. The lowest BCUT2D eigenvalue weighted by atomic mass is 10.0. The average Bonchev–Trinajstić information content (AvgIpc) is 2.58. The normalized spacial score (nSPS) is 12.1. The minimum Gasteiger partial charge on any atom is -0.493 e. The Kier molecular flexibility index (Phi) is 7.37. The summed E-state index contributed by atoms with van der Waals surface area (Å²) in [6.07, 6.45) is -5.14. The van der Waals surface area contributed by atoms with Gasteiger partial charge in [0.15, 0.2) is 18.1 Å². The maximum absolute atomic E-state index is 12.4. The van der Waals surface area contributed by atoms with Crippen molar-refractivity contribution in [1.82, 2.24) is 5.32 Å². The summed E-state index contributed by atoms with van der Waals surface area (Å²) in [4.78, 5) is 32.9. The Morgan fingerprint density at radius 2 is 1.93 bits per heavy atom. The second-order valence-corrected chi connectivity index (χ2v) is 5.11. The van der Waals surface area contributed by atoms with Crippen molar-refractivity contribution in [3.63, 3.8) is 0 Å². The van der Waals surface area contributed by atoms with E-state index in [-0.39, 0.29) is 23.7 Å². The van der Waals surface area contributed by atoms with E-state index in [0.29, 0.717) is 0 Å². The monoisotopic (exact) mass is 394 g/mol. The van der Waals surface area contributed by atoms with Gasteiger partial charge in [-0.15, -0.1) is 0 Å². The highest BCUT2D eigenvalue weighted by molar-refractivity contribution is 5.82. The van der Waals surface area contributed by atoms with E-state index in [1.165, 1.54) is 7.11 Å². The maximum Gasteiger partial charge on any atom is 0.471 e. The van der Waals surface area contributed by atoms with Gasteiger partial charge in [0.1, 0.15) is 0 Å². The van der Waals surface area contributed by atoms with E-state index >= 15 is 0 Å². The van der Waals surface area contributed by atoms with Crippen LogP contribution in [0.4, 0.5) is 18.9 Å². The van der Waals surface area contributed by atoms with E-state index in [0.717, 1.165) is 19.1 Å². The smallest absolute Gasteiger partial charge is 0.471 e. The van der Waals surface area contributed by atoms with Gasteiger partial charge in [0.2, 0.25) is 0 Å². The van der Waals surface area contributed by atoms with E-state index < -0.39 is 41.3 Å². The number of halogens is 3. The molecular weight excluding hydrogens is 377 g/mol. The van der Waals surface area contributed by atoms with Crippen LogP contribution in [0.2, 0.25) is 0 Å². The van der Waals surface area contributed by atoms with Crippen molar-refractivity contribution in [2.45, 2.75) is 26.1 Å². The molecular formula is C15H17F3N2O7. The SMILES string of the molecule is CCOC(=O)COc1cc([N+](=O)[O-])c(C(C)NC(=O)C(F)(F)F)cc1OC. The van der Waals surface area contributed by atoms with Gasteiger partial charge in [-0.1, -0.05) is 0 Å². The van der Waals surface area contributed by atoms with Gasteiger partial charge in [0.25, 0.3) is 5.69 Å². The Morgan fingerprint density at radius 3 is 2.41 bits per heavy atom. The van der Waals surface area contributed by atoms with Gasteiger partial charge in [-0.25, -0.2) is 4.79 Å². The van der Waals surface area contributed by atoms with Crippen LogP contribution in [-0.4, -0.2) is 43.3 Å². The molecule has 27 heavy (non-hydrogen) atoms. The number of nitrogens with one attached hydrogen (secondary N) is 1. The van der Waals surface area contributed by atoms with Crippen LogP contribution < -0.4 is 14.8 Å². The molecule has 0 saturated heterocycles. The van der Waals surface area contributed by atoms with Crippen LogP contribution in [0.1, 0.15) is 25.5 Å². The molecule has 1 atom stereocenters. The van der Waals surface area contributed by atoms with Crippen molar-refractivity contribution >= 4 is 17.6 Å². The van der Waals surface area contributed by atoms with E-state index in [1.807, 2.05) is 0 Å². The topological polar surface area (TPSA) is 117 Å². The molecule has 0 aliphatic rings. The highest BCUT2D eigenvalue weighted by atomic mass is 19.4. The number of benzene rings is 1. The molecule has 150 valence electrons. The molecule has 12 heteroatoms. The Hall–Kier alpha value is -3.05. The zero-order valence-corrected chi connectivity index (χ0v) is 14.6. The van der Waals surface area contributed by atoms with Gasteiger partial charge in [-0.2, -0.15) is 13.2 Å². The molecule has 0 radical (unpaired) electrons. The lowest BCUT2D eigenvalue weighted by Gasteiger charge is -2.18. The number of alkyl halides is 3. The van der Waals surface area contributed by atoms with Crippen LogP contribution in [0.5, 0.6) is 11.5 Å². The number of ether oxygens (including phenoxy) is 3. The molecule has 1 aromatic rings. The first-order valence-electron chi connectivity index (χ1n) is 7.53. The highest BCUT2D eigenvalue weighted by Gasteiger charge is 2.40. The van der Waals surface area contributed by atoms with Crippen molar-refractivity contribution in [3.05, 3.63) is 27.8 Å². The summed E-state index contributed by atoms with van der Waals surface area (Å²) < 4.78 is 52.0.